The Kier molecular flexibility index (Phi) is 6.02. The van der Waals surface area contributed by atoms with Gasteiger partial charge >= 0.3 is 0 Å². The third-order valence-electron chi connectivity index (χ3n) is 2.53. The molecular formula is C15H17FN2O. The summed E-state index contributed by atoms with van der Waals surface area (Å²) in [5.41, 5.74) is 1.35. The van der Waals surface area contributed by atoms with Gasteiger partial charge in [-0.2, -0.15) is 5.26 Å². The van der Waals surface area contributed by atoms with Crippen LogP contribution in [0.4, 0.5) is 4.39 Å². The molecule has 0 aromatic heterocycles. The lowest BCUT2D eigenvalue weighted by Gasteiger charge is -2.18. The average molecular weight is 260 g/mol. The standard InChI is InChI=1S/C15H17FN2O/c1-12(9-17)10-18(2)11-14-6-13(4-3-5-19)7-15(16)8-14/h6-8,12,19H,5,10-11H2,1-2H3. The molecule has 1 rings (SSSR count). The lowest BCUT2D eigenvalue weighted by molar-refractivity contribution is 0.302. The molecule has 4 heteroatoms. The minimum atomic E-state index is -0.346. The Morgan fingerprint density at radius 3 is 2.79 bits per heavy atom. The van der Waals surface area contributed by atoms with E-state index in [1.807, 2.05) is 18.9 Å². The van der Waals surface area contributed by atoms with Crippen LogP contribution in [0.25, 0.3) is 0 Å². The molecule has 0 saturated heterocycles. The summed E-state index contributed by atoms with van der Waals surface area (Å²) in [7, 11) is 1.89. The van der Waals surface area contributed by atoms with Crippen LogP contribution in [0.1, 0.15) is 18.1 Å². The van der Waals surface area contributed by atoms with Crippen molar-refractivity contribution in [2.75, 3.05) is 20.2 Å². The summed E-state index contributed by atoms with van der Waals surface area (Å²) in [6.07, 6.45) is 0. The highest BCUT2D eigenvalue weighted by Gasteiger charge is 2.07. The summed E-state index contributed by atoms with van der Waals surface area (Å²) in [6, 6.07) is 6.75. The molecule has 0 aliphatic carbocycles. The zero-order valence-electron chi connectivity index (χ0n) is 11.2. The van der Waals surface area contributed by atoms with Crippen LogP contribution >= 0.6 is 0 Å². The third kappa shape index (κ3) is 5.52. The molecule has 0 heterocycles. The predicted octanol–water partition coefficient (Wildman–Crippen LogP) is 1.76. The number of benzene rings is 1. The van der Waals surface area contributed by atoms with Crippen molar-refractivity contribution in [2.45, 2.75) is 13.5 Å². The monoisotopic (exact) mass is 260 g/mol. The molecule has 0 saturated carbocycles. The highest BCUT2D eigenvalue weighted by Crippen LogP contribution is 2.11. The van der Waals surface area contributed by atoms with Crippen molar-refractivity contribution in [1.29, 1.82) is 5.26 Å². The second-order valence-corrected chi connectivity index (χ2v) is 4.53. The second kappa shape index (κ2) is 7.53. The predicted molar refractivity (Wildman–Crippen MR) is 71.5 cm³/mol. The maximum Gasteiger partial charge on any atom is 0.124 e. The Morgan fingerprint density at radius 1 is 1.42 bits per heavy atom. The van der Waals surface area contributed by atoms with Gasteiger partial charge in [-0.05, 0) is 37.7 Å². The number of rotatable bonds is 4. The van der Waals surface area contributed by atoms with E-state index in [9.17, 15) is 4.39 Å². The van der Waals surface area contributed by atoms with Crippen LogP contribution in [0.2, 0.25) is 0 Å². The fourth-order valence-electron chi connectivity index (χ4n) is 1.84. The van der Waals surface area contributed by atoms with Crippen LogP contribution < -0.4 is 0 Å². The van der Waals surface area contributed by atoms with E-state index in [1.165, 1.54) is 12.1 Å². The maximum atomic E-state index is 13.4. The normalized spacial score (nSPS) is 11.6. The first kappa shape index (κ1) is 15.2. The SMILES string of the molecule is CC(C#N)CN(C)Cc1cc(F)cc(C#CCO)c1. The van der Waals surface area contributed by atoms with Gasteiger partial charge in [0.1, 0.15) is 12.4 Å². The van der Waals surface area contributed by atoms with E-state index in [-0.39, 0.29) is 18.3 Å². The molecule has 1 aromatic rings. The van der Waals surface area contributed by atoms with Crippen molar-refractivity contribution in [3.8, 4) is 17.9 Å². The molecule has 19 heavy (non-hydrogen) atoms. The first-order valence-electron chi connectivity index (χ1n) is 6.02. The van der Waals surface area contributed by atoms with Gasteiger partial charge < -0.3 is 10.0 Å². The number of hydrogen-bond donors (Lipinski definition) is 1. The lowest BCUT2D eigenvalue weighted by atomic mass is 10.1. The Hall–Kier alpha value is -1.88. The molecule has 0 bridgehead atoms. The van der Waals surface area contributed by atoms with E-state index >= 15 is 0 Å². The zero-order chi connectivity index (χ0) is 14.3. The molecular weight excluding hydrogens is 243 g/mol. The van der Waals surface area contributed by atoms with Crippen molar-refractivity contribution in [2.24, 2.45) is 5.92 Å². The van der Waals surface area contributed by atoms with Crippen LogP contribution in [0.5, 0.6) is 0 Å². The first-order valence-corrected chi connectivity index (χ1v) is 6.02. The van der Waals surface area contributed by atoms with Crippen LogP contribution in [-0.4, -0.2) is 30.2 Å². The fourth-order valence-corrected chi connectivity index (χ4v) is 1.84. The van der Waals surface area contributed by atoms with E-state index < -0.39 is 0 Å². The smallest absolute Gasteiger partial charge is 0.124 e. The minimum Gasteiger partial charge on any atom is -0.384 e. The van der Waals surface area contributed by atoms with E-state index in [1.54, 1.807) is 6.07 Å². The van der Waals surface area contributed by atoms with Crippen LogP contribution in [0.3, 0.4) is 0 Å². The molecule has 1 atom stereocenters. The average Bonchev–Trinajstić information content (AvgIpc) is 2.35. The molecule has 0 aliphatic rings. The Bertz CT molecular complexity index is 525. The number of halogens is 1. The molecule has 100 valence electrons. The van der Waals surface area contributed by atoms with Gasteiger partial charge in [-0.3, -0.25) is 0 Å². The number of aliphatic hydroxyl groups is 1. The molecule has 0 amide bonds. The summed E-state index contributed by atoms with van der Waals surface area (Å²) in [4.78, 5) is 1.96. The fraction of sp³-hybridized carbons (Fsp3) is 0.400. The van der Waals surface area contributed by atoms with Crippen LogP contribution in [-0.2, 0) is 6.54 Å². The van der Waals surface area contributed by atoms with E-state index in [0.29, 0.717) is 18.7 Å². The number of nitrogens with zero attached hydrogens (tertiary/aromatic N) is 2. The largest absolute Gasteiger partial charge is 0.384 e. The summed E-state index contributed by atoms with van der Waals surface area (Å²) in [5.74, 6) is 4.78. The van der Waals surface area contributed by atoms with Crippen molar-refractivity contribution in [3.63, 3.8) is 0 Å². The Labute approximate surface area is 113 Å². The van der Waals surface area contributed by atoms with E-state index in [4.69, 9.17) is 10.4 Å². The summed E-state index contributed by atoms with van der Waals surface area (Å²) in [5, 5.41) is 17.4. The second-order valence-electron chi connectivity index (χ2n) is 4.53. The molecule has 0 radical (unpaired) electrons. The number of nitriles is 1. The summed E-state index contributed by atoms with van der Waals surface area (Å²) < 4.78 is 13.4. The van der Waals surface area contributed by atoms with Crippen LogP contribution in [0, 0.1) is 34.9 Å². The highest BCUT2D eigenvalue weighted by molar-refractivity contribution is 5.37. The van der Waals surface area contributed by atoms with Gasteiger partial charge in [0.2, 0.25) is 0 Å². The number of aliphatic hydroxyl groups excluding tert-OH is 1. The molecule has 0 aliphatic heterocycles. The van der Waals surface area contributed by atoms with Gasteiger partial charge in [-0.15, -0.1) is 0 Å². The molecule has 1 aromatic carbocycles. The van der Waals surface area contributed by atoms with Gasteiger partial charge in [0.25, 0.3) is 0 Å². The van der Waals surface area contributed by atoms with Gasteiger partial charge in [-0.25, -0.2) is 4.39 Å². The quantitative estimate of drug-likeness (QED) is 0.839. The molecule has 3 nitrogen and oxygen atoms in total. The van der Waals surface area contributed by atoms with Crippen LogP contribution in [0.15, 0.2) is 18.2 Å². The molecule has 0 fully saturated rings. The zero-order valence-corrected chi connectivity index (χ0v) is 11.2. The van der Waals surface area contributed by atoms with Crippen molar-refractivity contribution in [3.05, 3.63) is 35.1 Å². The van der Waals surface area contributed by atoms with Crippen molar-refractivity contribution >= 4 is 0 Å². The minimum absolute atomic E-state index is 0.0628. The Balaban J connectivity index is 2.78. The third-order valence-corrected chi connectivity index (χ3v) is 2.53. The lowest BCUT2D eigenvalue weighted by Crippen LogP contribution is -2.23. The molecule has 1 N–H and O–H groups in total. The Morgan fingerprint density at radius 2 is 2.16 bits per heavy atom. The maximum absolute atomic E-state index is 13.4. The molecule has 0 spiro atoms. The van der Waals surface area contributed by atoms with Gasteiger partial charge in [0.15, 0.2) is 0 Å². The molecule has 1 unspecified atom stereocenters. The van der Waals surface area contributed by atoms with E-state index in [2.05, 4.69) is 17.9 Å². The highest BCUT2D eigenvalue weighted by atomic mass is 19.1. The number of hydrogen-bond acceptors (Lipinski definition) is 3. The van der Waals surface area contributed by atoms with Crippen molar-refractivity contribution in [1.82, 2.24) is 4.90 Å². The topological polar surface area (TPSA) is 47.3 Å². The van der Waals surface area contributed by atoms with Gasteiger partial charge in [0.05, 0.1) is 12.0 Å². The van der Waals surface area contributed by atoms with Crippen molar-refractivity contribution < 1.29 is 9.50 Å². The van der Waals surface area contributed by atoms with E-state index in [0.717, 1.165) is 5.56 Å². The summed E-state index contributed by atoms with van der Waals surface area (Å²) >= 11 is 0. The summed E-state index contributed by atoms with van der Waals surface area (Å²) in [6.45, 7) is 2.79. The van der Waals surface area contributed by atoms with Gasteiger partial charge in [-0.1, -0.05) is 11.8 Å². The van der Waals surface area contributed by atoms with Gasteiger partial charge in [0, 0.05) is 18.7 Å². The first-order chi connectivity index (χ1) is 9.05.